The number of hydrogen-bond acceptors (Lipinski definition) is 6. The van der Waals surface area contributed by atoms with Crippen LogP contribution in [-0.4, -0.2) is 47.8 Å². The Morgan fingerprint density at radius 3 is 2.53 bits per heavy atom. The smallest absolute Gasteiger partial charge is 0.307 e. The van der Waals surface area contributed by atoms with E-state index in [0.29, 0.717) is 12.4 Å². The molecule has 4 rings (SSSR count). The fraction of sp³-hybridized carbons (Fsp3) is 0.414. The third kappa shape index (κ3) is 6.14. The molecule has 0 amide bonds. The van der Waals surface area contributed by atoms with E-state index in [9.17, 15) is 9.90 Å². The van der Waals surface area contributed by atoms with Crippen LogP contribution in [0.5, 0.6) is 11.5 Å². The van der Waals surface area contributed by atoms with E-state index in [2.05, 4.69) is 34.8 Å². The van der Waals surface area contributed by atoms with Crippen LogP contribution in [0.25, 0.3) is 11.3 Å². The minimum absolute atomic E-state index is 0.0621. The summed E-state index contributed by atoms with van der Waals surface area (Å²) in [4.78, 5) is 23.2. The number of carboxylic acid groups (broad SMARTS) is 1. The zero-order valence-electron chi connectivity index (χ0n) is 21.6. The maximum Gasteiger partial charge on any atom is 0.307 e. The molecule has 3 heterocycles. The molecule has 0 radical (unpaired) electrons. The Morgan fingerprint density at radius 2 is 1.86 bits per heavy atom. The van der Waals surface area contributed by atoms with Gasteiger partial charge in [0.1, 0.15) is 11.5 Å². The number of benzene rings is 1. The molecule has 0 aliphatic carbocycles. The molecule has 2 aromatic heterocycles. The van der Waals surface area contributed by atoms with E-state index in [-0.39, 0.29) is 11.8 Å². The van der Waals surface area contributed by atoms with Gasteiger partial charge in [-0.2, -0.15) is 0 Å². The second kappa shape index (κ2) is 11.0. The van der Waals surface area contributed by atoms with Crippen LogP contribution >= 0.6 is 0 Å². The molecule has 0 atom stereocenters. The molecule has 7 heteroatoms. The van der Waals surface area contributed by atoms with Gasteiger partial charge < -0.3 is 19.5 Å². The number of aromatic nitrogens is 2. The van der Waals surface area contributed by atoms with Crippen LogP contribution in [0.4, 0.5) is 5.69 Å². The second-order valence-electron chi connectivity index (χ2n) is 10.1. The predicted molar refractivity (Wildman–Crippen MR) is 141 cm³/mol. The van der Waals surface area contributed by atoms with Crippen LogP contribution in [0, 0.1) is 12.3 Å². The molecular formula is C29H35N3O4. The summed E-state index contributed by atoms with van der Waals surface area (Å²) in [6.45, 7) is 8.73. The van der Waals surface area contributed by atoms with Crippen molar-refractivity contribution in [3.8, 4) is 22.8 Å². The summed E-state index contributed by atoms with van der Waals surface area (Å²) in [6.07, 6.45) is 6.34. The first-order valence-corrected chi connectivity index (χ1v) is 12.4. The molecular weight excluding hydrogens is 454 g/mol. The highest BCUT2D eigenvalue weighted by Crippen LogP contribution is 2.39. The van der Waals surface area contributed by atoms with E-state index in [1.165, 1.54) is 0 Å². The number of rotatable bonds is 9. The average Bonchev–Trinajstić information content (AvgIpc) is 2.86. The summed E-state index contributed by atoms with van der Waals surface area (Å²) < 4.78 is 11.2. The summed E-state index contributed by atoms with van der Waals surface area (Å²) in [7, 11) is 1.66. The molecule has 1 aromatic carbocycles. The quantitative estimate of drug-likeness (QED) is 0.434. The van der Waals surface area contributed by atoms with Crippen molar-refractivity contribution in [2.45, 2.75) is 46.5 Å². The van der Waals surface area contributed by atoms with Gasteiger partial charge in [-0.15, -0.1) is 0 Å². The number of methoxy groups -OCH3 is 1. The molecule has 1 saturated heterocycles. The van der Waals surface area contributed by atoms with Gasteiger partial charge in [0.05, 0.1) is 37.7 Å². The average molecular weight is 490 g/mol. The Labute approximate surface area is 213 Å². The Hall–Kier alpha value is -3.61. The number of hydrogen-bond donors (Lipinski definition) is 1. The van der Waals surface area contributed by atoms with E-state index in [1.54, 1.807) is 13.3 Å². The molecule has 1 N–H and O–H groups in total. The van der Waals surface area contributed by atoms with Crippen LogP contribution in [0.15, 0.2) is 48.8 Å². The van der Waals surface area contributed by atoms with Crippen LogP contribution in [0.3, 0.4) is 0 Å². The minimum atomic E-state index is -0.858. The number of pyridine rings is 2. The van der Waals surface area contributed by atoms with Crippen molar-refractivity contribution in [2.24, 2.45) is 5.41 Å². The SMILES string of the molecule is COc1cccc(CCOc2ccc(-c3cnc(C)c(CC(=O)O)c3N3CCC(C)(C)CC3)nc2)c1. The molecule has 190 valence electrons. The zero-order valence-corrected chi connectivity index (χ0v) is 21.6. The molecule has 1 aliphatic rings. The molecule has 3 aromatic rings. The van der Waals surface area contributed by atoms with E-state index in [4.69, 9.17) is 9.47 Å². The normalized spacial score (nSPS) is 14.9. The zero-order chi connectivity index (χ0) is 25.7. The highest BCUT2D eigenvalue weighted by Gasteiger charge is 2.29. The molecule has 0 bridgehead atoms. The first-order valence-electron chi connectivity index (χ1n) is 12.4. The van der Waals surface area contributed by atoms with Crippen LogP contribution in [0.2, 0.25) is 0 Å². The Morgan fingerprint density at radius 1 is 1.08 bits per heavy atom. The first-order chi connectivity index (χ1) is 17.3. The number of nitrogens with zero attached hydrogens (tertiary/aromatic N) is 3. The van der Waals surface area contributed by atoms with Gasteiger partial charge in [-0.25, -0.2) is 0 Å². The van der Waals surface area contributed by atoms with Crippen LogP contribution in [-0.2, 0) is 17.6 Å². The van der Waals surface area contributed by atoms with Gasteiger partial charge in [-0.3, -0.25) is 14.8 Å². The van der Waals surface area contributed by atoms with Gasteiger partial charge in [0.2, 0.25) is 0 Å². The summed E-state index contributed by atoms with van der Waals surface area (Å²) in [5.74, 6) is 0.665. The lowest BCUT2D eigenvalue weighted by Gasteiger charge is -2.40. The van der Waals surface area contributed by atoms with Gasteiger partial charge in [-0.1, -0.05) is 26.0 Å². The molecule has 0 saturated carbocycles. The van der Waals surface area contributed by atoms with E-state index in [0.717, 1.165) is 71.9 Å². The van der Waals surface area contributed by atoms with Gasteiger partial charge in [-0.05, 0) is 55.0 Å². The Bertz CT molecular complexity index is 1200. The molecule has 36 heavy (non-hydrogen) atoms. The number of piperidine rings is 1. The van der Waals surface area contributed by atoms with E-state index < -0.39 is 5.97 Å². The molecule has 1 aliphatic heterocycles. The second-order valence-corrected chi connectivity index (χ2v) is 10.1. The summed E-state index contributed by atoms with van der Waals surface area (Å²) >= 11 is 0. The van der Waals surface area contributed by atoms with Gasteiger partial charge in [0.25, 0.3) is 0 Å². The number of anilines is 1. The van der Waals surface area contributed by atoms with Crippen molar-refractivity contribution in [3.05, 3.63) is 65.6 Å². The summed E-state index contributed by atoms with van der Waals surface area (Å²) in [5, 5.41) is 9.60. The van der Waals surface area contributed by atoms with Gasteiger partial charge in [0.15, 0.2) is 0 Å². The molecule has 0 unspecified atom stereocenters. The first kappa shape index (κ1) is 25.5. The van der Waals surface area contributed by atoms with Crippen molar-refractivity contribution in [2.75, 3.05) is 31.7 Å². The maximum atomic E-state index is 11.7. The number of carboxylic acids is 1. The standard InChI is InChI=1S/C29H35N3O4/c1-20-24(17-27(33)34)28(32-13-11-29(2,3)12-14-32)25(19-30-20)26-9-8-23(18-31-26)36-15-10-21-6-5-7-22(16-21)35-4/h5-9,16,18-19H,10-15,17H2,1-4H3,(H,33,34). The molecule has 0 spiro atoms. The number of aliphatic carboxylic acids is 1. The van der Waals surface area contributed by atoms with Crippen LogP contribution < -0.4 is 14.4 Å². The fourth-order valence-corrected chi connectivity index (χ4v) is 4.62. The van der Waals surface area contributed by atoms with Crippen LogP contribution in [0.1, 0.15) is 43.5 Å². The third-order valence-electron chi connectivity index (χ3n) is 6.93. The molecule has 7 nitrogen and oxygen atoms in total. The van der Waals surface area contributed by atoms with Crippen molar-refractivity contribution in [3.63, 3.8) is 0 Å². The number of carbonyl (C=O) groups is 1. The number of ether oxygens (including phenoxy) is 2. The predicted octanol–water partition coefficient (Wildman–Crippen LogP) is 5.34. The van der Waals surface area contributed by atoms with Crippen molar-refractivity contribution >= 4 is 11.7 Å². The van der Waals surface area contributed by atoms with Crippen molar-refractivity contribution < 1.29 is 19.4 Å². The Kier molecular flexibility index (Phi) is 7.77. The number of aryl methyl sites for hydroxylation is 1. The van der Waals surface area contributed by atoms with Crippen molar-refractivity contribution in [1.29, 1.82) is 0 Å². The summed E-state index contributed by atoms with van der Waals surface area (Å²) in [6, 6.07) is 11.8. The summed E-state index contributed by atoms with van der Waals surface area (Å²) in [5.41, 5.74) is 5.50. The monoisotopic (exact) mass is 489 g/mol. The van der Waals surface area contributed by atoms with Crippen molar-refractivity contribution in [1.82, 2.24) is 9.97 Å². The lowest BCUT2D eigenvalue weighted by molar-refractivity contribution is -0.136. The molecule has 1 fully saturated rings. The largest absolute Gasteiger partial charge is 0.497 e. The Balaban J connectivity index is 1.55. The maximum absolute atomic E-state index is 11.7. The van der Waals surface area contributed by atoms with Gasteiger partial charge in [0, 0.05) is 42.5 Å². The lowest BCUT2D eigenvalue weighted by Crippen LogP contribution is -2.38. The highest BCUT2D eigenvalue weighted by atomic mass is 16.5. The topological polar surface area (TPSA) is 84.8 Å². The highest BCUT2D eigenvalue weighted by molar-refractivity contribution is 5.83. The lowest BCUT2D eigenvalue weighted by atomic mass is 9.82. The third-order valence-corrected chi connectivity index (χ3v) is 6.93. The minimum Gasteiger partial charge on any atom is -0.497 e. The van der Waals surface area contributed by atoms with Gasteiger partial charge >= 0.3 is 5.97 Å². The van der Waals surface area contributed by atoms with E-state index in [1.807, 2.05) is 43.5 Å². The van der Waals surface area contributed by atoms with E-state index >= 15 is 0 Å². The fourth-order valence-electron chi connectivity index (χ4n) is 4.62.